The molecule has 1 N–H and O–H groups in total. The van der Waals surface area contributed by atoms with Gasteiger partial charge in [-0.2, -0.15) is 0 Å². The number of amides is 1. The molecule has 0 spiro atoms. The fourth-order valence-corrected chi connectivity index (χ4v) is 3.14. The van der Waals surface area contributed by atoms with Crippen LogP contribution in [0.15, 0.2) is 42.5 Å². The number of ether oxygens (including phenoxy) is 3. The molecule has 6 heteroatoms. The van der Waals surface area contributed by atoms with Crippen molar-refractivity contribution >= 4 is 5.91 Å². The van der Waals surface area contributed by atoms with Gasteiger partial charge >= 0.3 is 0 Å². The van der Waals surface area contributed by atoms with Crippen molar-refractivity contribution in [3.63, 3.8) is 0 Å². The average molecular weight is 370 g/mol. The molecule has 0 unspecified atom stereocenters. The largest absolute Gasteiger partial charge is 0.497 e. The Kier molecular flexibility index (Phi) is 6.32. The molecule has 27 heavy (non-hydrogen) atoms. The van der Waals surface area contributed by atoms with Gasteiger partial charge in [-0.3, -0.25) is 4.79 Å². The molecule has 1 heterocycles. The molecule has 0 aliphatic carbocycles. The number of likely N-dealkylation sites (N-methyl/N-ethyl adjacent to an activating group) is 1. The van der Waals surface area contributed by atoms with Crippen molar-refractivity contribution < 1.29 is 19.0 Å². The van der Waals surface area contributed by atoms with Gasteiger partial charge < -0.3 is 24.4 Å². The fourth-order valence-electron chi connectivity index (χ4n) is 3.14. The minimum absolute atomic E-state index is 0.0375. The maximum atomic E-state index is 12.4. The molecule has 1 fully saturated rings. The second-order valence-electron chi connectivity index (χ2n) is 6.61. The molecule has 1 amide bonds. The number of carbonyl (C=O) groups is 1. The molecule has 1 saturated heterocycles. The number of morpholine rings is 1. The standard InChI is InChI=1S/C21H26N2O4/c1-23-10-11-27-18(14-23)13-22-21(24)16-6-4-15(5-7-16)19-9-8-17(25-2)12-20(19)26-3/h4-9,12,18H,10-11,13-14H2,1-3H3,(H,22,24)/t18-/m1/s1. The first-order chi connectivity index (χ1) is 13.1. The Labute approximate surface area is 160 Å². The first-order valence-corrected chi connectivity index (χ1v) is 9.01. The number of nitrogens with zero attached hydrogens (tertiary/aromatic N) is 1. The SMILES string of the molecule is COc1ccc(-c2ccc(C(=O)NC[C@@H]3CN(C)CCO3)cc2)c(OC)c1. The Bertz CT molecular complexity index is 776. The van der Waals surface area contributed by atoms with Crippen molar-refractivity contribution in [2.45, 2.75) is 6.10 Å². The summed E-state index contributed by atoms with van der Waals surface area (Å²) in [6.07, 6.45) is 0.0375. The number of hydrogen-bond acceptors (Lipinski definition) is 5. The van der Waals surface area contributed by atoms with Crippen LogP contribution in [0.5, 0.6) is 11.5 Å². The minimum atomic E-state index is -0.0972. The fraction of sp³-hybridized carbons (Fsp3) is 0.381. The van der Waals surface area contributed by atoms with Gasteiger partial charge in [0.05, 0.1) is 26.9 Å². The Morgan fingerprint density at radius 2 is 1.96 bits per heavy atom. The molecule has 0 bridgehead atoms. The summed E-state index contributed by atoms with van der Waals surface area (Å²) in [5.74, 6) is 1.37. The zero-order valence-electron chi connectivity index (χ0n) is 16.0. The lowest BCUT2D eigenvalue weighted by atomic mass is 10.0. The summed E-state index contributed by atoms with van der Waals surface area (Å²) in [6, 6.07) is 13.2. The van der Waals surface area contributed by atoms with Crippen molar-refractivity contribution in [2.75, 3.05) is 47.5 Å². The molecule has 2 aromatic rings. The third kappa shape index (κ3) is 4.78. The second kappa shape index (κ2) is 8.88. The van der Waals surface area contributed by atoms with Gasteiger partial charge in [0, 0.05) is 36.8 Å². The van der Waals surface area contributed by atoms with E-state index in [4.69, 9.17) is 14.2 Å². The number of hydrogen-bond donors (Lipinski definition) is 1. The Morgan fingerprint density at radius 3 is 2.63 bits per heavy atom. The normalized spacial score (nSPS) is 17.4. The first-order valence-electron chi connectivity index (χ1n) is 9.01. The third-order valence-electron chi connectivity index (χ3n) is 4.70. The topological polar surface area (TPSA) is 60.0 Å². The molecule has 2 aromatic carbocycles. The lowest BCUT2D eigenvalue weighted by Crippen LogP contribution is -2.45. The van der Waals surface area contributed by atoms with Crippen LogP contribution in [-0.4, -0.2) is 64.4 Å². The molecule has 0 saturated carbocycles. The van der Waals surface area contributed by atoms with Crippen LogP contribution >= 0.6 is 0 Å². The maximum Gasteiger partial charge on any atom is 0.251 e. The van der Waals surface area contributed by atoms with Gasteiger partial charge in [0.25, 0.3) is 5.91 Å². The first kappa shape index (κ1) is 19.2. The zero-order valence-corrected chi connectivity index (χ0v) is 16.0. The van der Waals surface area contributed by atoms with E-state index >= 15 is 0 Å². The highest BCUT2D eigenvalue weighted by Crippen LogP contribution is 2.33. The Hall–Kier alpha value is -2.57. The van der Waals surface area contributed by atoms with E-state index in [0.717, 1.165) is 35.7 Å². The van der Waals surface area contributed by atoms with Gasteiger partial charge in [0.15, 0.2) is 0 Å². The summed E-state index contributed by atoms with van der Waals surface area (Å²) in [5, 5.41) is 2.95. The molecule has 1 aliphatic heterocycles. The van der Waals surface area contributed by atoms with Crippen LogP contribution < -0.4 is 14.8 Å². The lowest BCUT2D eigenvalue weighted by molar-refractivity contribution is -0.0175. The van der Waals surface area contributed by atoms with E-state index < -0.39 is 0 Å². The Morgan fingerprint density at radius 1 is 1.19 bits per heavy atom. The van der Waals surface area contributed by atoms with E-state index in [2.05, 4.69) is 17.3 Å². The van der Waals surface area contributed by atoms with Crippen molar-refractivity contribution in [3.05, 3.63) is 48.0 Å². The molecule has 144 valence electrons. The molecule has 1 atom stereocenters. The van der Waals surface area contributed by atoms with Gasteiger partial charge in [0.2, 0.25) is 0 Å². The van der Waals surface area contributed by atoms with E-state index in [0.29, 0.717) is 18.7 Å². The molecular formula is C21H26N2O4. The second-order valence-corrected chi connectivity index (χ2v) is 6.61. The molecule has 0 aromatic heterocycles. The van der Waals surface area contributed by atoms with Crippen molar-refractivity contribution in [2.24, 2.45) is 0 Å². The van der Waals surface area contributed by atoms with E-state index in [1.165, 1.54) is 0 Å². The van der Waals surface area contributed by atoms with E-state index in [9.17, 15) is 4.79 Å². The minimum Gasteiger partial charge on any atom is -0.497 e. The van der Waals surface area contributed by atoms with E-state index in [1.54, 1.807) is 14.2 Å². The lowest BCUT2D eigenvalue weighted by Gasteiger charge is -2.30. The summed E-state index contributed by atoms with van der Waals surface area (Å²) in [6.45, 7) is 2.98. The average Bonchev–Trinajstić information content (AvgIpc) is 2.71. The van der Waals surface area contributed by atoms with Crippen LogP contribution in [0, 0.1) is 0 Å². The molecule has 0 radical (unpaired) electrons. The quantitative estimate of drug-likeness (QED) is 0.846. The predicted molar refractivity (Wildman–Crippen MR) is 105 cm³/mol. The maximum absolute atomic E-state index is 12.4. The van der Waals surface area contributed by atoms with Crippen molar-refractivity contribution in [3.8, 4) is 22.6 Å². The molecule has 3 rings (SSSR count). The van der Waals surface area contributed by atoms with E-state index in [1.807, 2.05) is 42.5 Å². The number of nitrogens with one attached hydrogen (secondary N) is 1. The van der Waals surface area contributed by atoms with Crippen LogP contribution in [0.4, 0.5) is 0 Å². The Balaban J connectivity index is 1.65. The van der Waals surface area contributed by atoms with Crippen LogP contribution in [0.25, 0.3) is 11.1 Å². The summed E-state index contributed by atoms with van der Waals surface area (Å²) in [7, 11) is 5.31. The highest BCUT2D eigenvalue weighted by atomic mass is 16.5. The van der Waals surface area contributed by atoms with Crippen LogP contribution in [0.3, 0.4) is 0 Å². The molecular weight excluding hydrogens is 344 g/mol. The van der Waals surface area contributed by atoms with Gasteiger partial charge in [0.1, 0.15) is 11.5 Å². The van der Waals surface area contributed by atoms with Gasteiger partial charge in [-0.25, -0.2) is 0 Å². The number of methoxy groups -OCH3 is 2. The summed E-state index contributed by atoms with van der Waals surface area (Å²) in [5.41, 5.74) is 2.54. The van der Waals surface area contributed by atoms with E-state index in [-0.39, 0.29) is 12.0 Å². The molecule has 6 nitrogen and oxygen atoms in total. The number of benzene rings is 2. The predicted octanol–water partition coefficient (Wildman–Crippen LogP) is 2.43. The molecule has 1 aliphatic rings. The highest BCUT2D eigenvalue weighted by Gasteiger charge is 2.18. The highest BCUT2D eigenvalue weighted by molar-refractivity contribution is 5.94. The zero-order chi connectivity index (χ0) is 19.2. The monoisotopic (exact) mass is 370 g/mol. The van der Waals surface area contributed by atoms with Gasteiger partial charge in [-0.15, -0.1) is 0 Å². The van der Waals surface area contributed by atoms with Gasteiger partial charge in [-0.05, 0) is 36.9 Å². The van der Waals surface area contributed by atoms with Crippen LogP contribution in [-0.2, 0) is 4.74 Å². The van der Waals surface area contributed by atoms with Crippen molar-refractivity contribution in [1.82, 2.24) is 10.2 Å². The third-order valence-corrected chi connectivity index (χ3v) is 4.70. The smallest absolute Gasteiger partial charge is 0.251 e. The van der Waals surface area contributed by atoms with Crippen LogP contribution in [0.1, 0.15) is 10.4 Å². The number of carbonyl (C=O) groups excluding carboxylic acids is 1. The summed E-state index contributed by atoms with van der Waals surface area (Å²) >= 11 is 0. The van der Waals surface area contributed by atoms with Crippen molar-refractivity contribution in [1.29, 1.82) is 0 Å². The number of rotatable bonds is 6. The summed E-state index contributed by atoms with van der Waals surface area (Å²) < 4.78 is 16.4. The van der Waals surface area contributed by atoms with Crippen LogP contribution in [0.2, 0.25) is 0 Å². The summed E-state index contributed by atoms with van der Waals surface area (Å²) in [4.78, 5) is 14.6. The van der Waals surface area contributed by atoms with Gasteiger partial charge in [-0.1, -0.05) is 12.1 Å².